The zero-order chi connectivity index (χ0) is 20.3. The molecule has 0 unspecified atom stereocenters. The molecule has 9 nitrogen and oxygen atoms in total. The third kappa shape index (κ3) is 4.28. The Morgan fingerprint density at radius 1 is 1.14 bits per heavy atom. The van der Waals surface area contributed by atoms with E-state index >= 15 is 0 Å². The number of benzene rings is 2. The number of amides is 1. The normalized spacial score (nSPS) is 11.2. The first-order valence-corrected chi connectivity index (χ1v) is 7.73. The highest BCUT2D eigenvalue weighted by Crippen LogP contribution is 2.34. The van der Waals surface area contributed by atoms with Crippen LogP contribution in [0.5, 0.6) is 0 Å². The Bertz CT molecular complexity index is 1020. The van der Waals surface area contributed by atoms with Crippen molar-refractivity contribution in [1.82, 2.24) is 20.2 Å². The lowest BCUT2D eigenvalue weighted by atomic mass is 10.1. The number of alkyl halides is 3. The number of rotatable bonds is 5. The number of tetrazole rings is 1. The van der Waals surface area contributed by atoms with Gasteiger partial charge in [-0.1, -0.05) is 12.1 Å². The second-order valence-corrected chi connectivity index (χ2v) is 5.54. The number of halogens is 3. The molecule has 1 aromatic heterocycles. The number of hydrogen-bond donors (Lipinski definition) is 1. The van der Waals surface area contributed by atoms with Crippen LogP contribution in [0.2, 0.25) is 0 Å². The third-order valence-corrected chi connectivity index (χ3v) is 3.58. The molecule has 1 heterocycles. The van der Waals surface area contributed by atoms with E-state index in [0.29, 0.717) is 5.56 Å². The van der Waals surface area contributed by atoms with E-state index in [1.807, 2.05) is 0 Å². The highest BCUT2D eigenvalue weighted by molar-refractivity contribution is 5.91. The number of carbonyl (C=O) groups excluding carboxylic acids is 1. The highest BCUT2D eigenvalue weighted by atomic mass is 19.4. The average Bonchev–Trinajstić information content (AvgIpc) is 3.09. The van der Waals surface area contributed by atoms with E-state index < -0.39 is 29.1 Å². The van der Waals surface area contributed by atoms with Crippen molar-refractivity contribution < 1.29 is 22.9 Å². The van der Waals surface area contributed by atoms with Crippen molar-refractivity contribution in [2.45, 2.75) is 12.7 Å². The summed E-state index contributed by atoms with van der Waals surface area (Å²) in [6.07, 6.45) is -4.61. The third-order valence-electron chi connectivity index (χ3n) is 3.58. The van der Waals surface area contributed by atoms with Crippen molar-refractivity contribution in [2.24, 2.45) is 0 Å². The van der Waals surface area contributed by atoms with Crippen LogP contribution >= 0.6 is 0 Å². The summed E-state index contributed by atoms with van der Waals surface area (Å²) < 4.78 is 38.9. The number of nitro benzene ring substituents is 1. The summed E-state index contributed by atoms with van der Waals surface area (Å²) in [7, 11) is 0. The first-order chi connectivity index (χ1) is 13.2. The molecule has 0 aliphatic rings. The Morgan fingerprint density at radius 3 is 2.46 bits per heavy atom. The van der Waals surface area contributed by atoms with Gasteiger partial charge in [0.05, 0.1) is 16.2 Å². The molecule has 0 radical (unpaired) electrons. The van der Waals surface area contributed by atoms with Gasteiger partial charge in [-0.05, 0) is 29.5 Å². The molecule has 0 aliphatic carbocycles. The topological polar surface area (TPSA) is 116 Å². The second kappa shape index (κ2) is 7.42. The van der Waals surface area contributed by atoms with Crippen LogP contribution in [0, 0.1) is 10.1 Å². The quantitative estimate of drug-likeness (QED) is 0.527. The minimum Gasteiger partial charge on any atom is -0.324 e. The van der Waals surface area contributed by atoms with Gasteiger partial charge < -0.3 is 5.32 Å². The molecule has 0 saturated carbocycles. The van der Waals surface area contributed by atoms with Crippen LogP contribution in [0.1, 0.15) is 5.56 Å². The van der Waals surface area contributed by atoms with E-state index in [-0.39, 0.29) is 17.2 Å². The van der Waals surface area contributed by atoms with E-state index in [0.717, 1.165) is 16.9 Å². The summed E-state index contributed by atoms with van der Waals surface area (Å²) >= 11 is 0. The molecule has 1 N–H and O–H groups in total. The number of nitro groups is 1. The molecule has 0 aliphatic heterocycles. The van der Waals surface area contributed by atoms with E-state index in [1.165, 1.54) is 36.4 Å². The van der Waals surface area contributed by atoms with Gasteiger partial charge in [-0.25, -0.2) is 0 Å². The van der Waals surface area contributed by atoms with Crippen LogP contribution in [-0.4, -0.2) is 31.0 Å². The summed E-state index contributed by atoms with van der Waals surface area (Å²) in [6, 6.07) is 9.93. The molecule has 3 rings (SSSR count). The van der Waals surface area contributed by atoms with Crippen molar-refractivity contribution in [1.29, 1.82) is 0 Å². The number of nitrogens with zero attached hydrogens (tertiary/aromatic N) is 5. The zero-order valence-electron chi connectivity index (χ0n) is 13.9. The van der Waals surface area contributed by atoms with Crippen LogP contribution in [0.15, 0.2) is 48.5 Å². The standard InChI is InChI=1S/C16H11F3N6O3/c17-16(18,19)12-3-1-2-4-13(12)20-14(26)9-24-22-15(21-23-24)10-5-7-11(8-6-10)25(27)28/h1-8H,9H2,(H,20,26). The zero-order valence-corrected chi connectivity index (χ0v) is 13.9. The minimum absolute atomic E-state index is 0.110. The molecule has 28 heavy (non-hydrogen) atoms. The van der Waals surface area contributed by atoms with Gasteiger partial charge in [0.15, 0.2) is 0 Å². The maximum absolute atomic E-state index is 13.0. The van der Waals surface area contributed by atoms with E-state index in [9.17, 15) is 28.1 Å². The Balaban J connectivity index is 1.70. The van der Waals surface area contributed by atoms with Crippen LogP contribution < -0.4 is 5.32 Å². The Morgan fingerprint density at radius 2 is 1.82 bits per heavy atom. The lowest BCUT2D eigenvalue weighted by Crippen LogP contribution is -2.22. The van der Waals surface area contributed by atoms with E-state index in [2.05, 4.69) is 20.7 Å². The molecule has 3 aromatic rings. The lowest BCUT2D eigenvalue weighted by molar-refractivity contribution is -0.384. The SMILES string of the molecule is O=C(Cn1nnc(-c2ccc([N+](=O)[O-])cc2)n1)Nc1ccccc1C(F)(F)F. The highest BCUT2D eigenvalue weighted by Gasteiger charge is 2.33. The van der Waals surface area contributed by atoms with Gasteiger partial charge in [0.25, 0.3) is 5.69 Å². The summed E-state index contributed by atoms with van der Waals surface area (Å²) in [5.74, 6) is -0.664. The maximum atomic E-state index is 13.0. The molecule has 144 valence electrons. The fourth-order valence-electron chi connectivity index (χ4n) is 2.32. The fraction of sp³-hybridized carbons (Fsp3) is 0.125. The number of aromatic nitrogens is 4. The molecule has 1 amide bonds. The van der Waals surface area contributed by atoms with E-state index in [4.69, 9.17) is 0 Å². The van der Waals surface area contributed by atoms with Crippen LogP contribution in [0.3, 0.4) is 0 Å². The molecule has 0 atom stereocenters. The molecular formula is C16H11F3N6O3. The second-order valence-electron chi connectivity index (χ2n) is 5.54. The Kier molecular flexibility index (Phi) is 5.02. The van der Waals surface area contributed by atoms with Gasteiger partial charge >= 0.3 is 6.18 Å². The van der Waals surface area contributed by atoms with Crippen molar-refractivity contribution in [2.75, 3.05) is 5.32 Å². The van der Waals surface area contributed by atoms with Crippen molar-refractivity contribution in [3.05, 3.63) is 64.2 Å². The molecular weight excluding hydrogens is 381 g/mol. The first-order valence-electron chi connectivity index (χ1n) is 7.73. The van der Waals surface area contributed by atoms with Crippen molar-refractivity contribution in [3.63, 3.8) is 0 Å². The van der Waals surface area contributed by atoms with Gasteiger partial charge in [-0.3, -0.25) is 14.9 Å². The largest absolute Gasteiger partial charge is 0.418 e. The summed E-state index contributed by atoms with van der Waals surface area (Å²) in [5, 5.41) is 24.2. The first kappa shape index (κ1) is 18.9. The number of para-hydroxylation sites is 1. The van der Waals surface area contributed by atoms with Gasteiger partial charge in [-0.15, -0.1) is 10.2 Å². The Hall–Kier alpha value is -3.83. The number of carbonyl (C=O) groups is 1. The average molecular weight is 392 g/mol. The van der Waals surface area contributed by atoms with Crippen LogP contribution in [0.25, 0.3) is 11.4 Å². The molecule has 0 fully saturated rings. The summed E-state index contributed by atoms with van der Waals surface area (Å²) in [5.41, 5.74) is -1.03. The number of nitrogens with one attached hydrogen (secondary N) is 1. The monoisotopic (exact) mass is 392 g/mol. The molecule has 0 saturated heterocycles. The number of non-ortho nitro benzene ring substituents is 1. The fourth-order valence-corrected chi connectivity index (χ4v) is 2.32. The molecule has 0 bridgehead atoms. The predicted molar refractivity (Wildman–Crippen MR) is 90.0 cm³/mol. The van der Waals surface area contributed by atoms with Gasteiger partial charge in [-0.2, -0.15) is 18.0 Å². The smallest absolute Gasteiger partial charge is 0.324 e. The van der Waals surface area contributed by atoms with Gasteiger partial charge in [0.2, 0.25) is 11.7 Å². The van der Waals surface area contributed by atoms with Gasteiger partial charge in [0.1, 0.15) is 6.54 Å². The van der Waals surface area contributed by atoms with Crippen LogP contribution in [-0.2, 0) is 17.5 Å². The van der Waals surface area contributed by atoms with Crippen molar-refractivity contribution in [3.8, 4) is 11.4 Å². The van der Waals surface area contributed by atoms with Gasteiger partial charge in [0, 0.05) is 17.7 Å². The maximum Gasteiger partial charge on any atom is 0.418 e. The van der Waals surface area contributed by atoms with Crippen LogP contribution in [0.4, 0.5) is 24.5 Å². The minimum atomic E-state index is -4.61. The summed E-state index contributed by atoms with van der Waals surface area (Å²) in [6.45, 7) is -0.466. The predicted octanol–water partition coefficient (Wildman–Crippen LogP) is 2.91. The van der Waals surface area contributed by atoms with E-state index in [1.54, 1.807) is 0 Å². The van der Waals surface area contributed by atoms with Crippen molar-refractivity contribution >= 4 is 17.3 Å². The molecule has 12 heteroatoms. The molecule has 0 spiro atoms. The summed E-state index contributed by atoms with van der Waals surface area (Å²) in [4.78, 5) is 23.0. The molecule has 2 aromatic carbocycles. The lowest BCUT2D eigenvalue weighted by Gasteiger charge is -2.13. The number of hydrogen-bond acceptors (Lipinski definition) is 6. The Labute approximate surface area is 154 Å². The number of anilines is 1.